The van der Waals surface area contributed by atoms with Crippen molar-refractivity contribution < 1.29 is 19.4 Å². The lowest BCUT2D eigenvalue weighted by Crippen LogP contribution is -2.38. The van der Waals surface area contributed by atoms with E-state index in [0.29, 0.717) is 18.8 Å². The topological polar surface area (TPSA) is 121 Å². The molecule has 1 aliphatic heterocycles. The highest BCUT2D eigenvalue weighted by Crippen LogP contribution is 2.42. The van der Waals surface area contributed by atoms with Crippen molar-refractivity contribution in [3.05, 3.63) is 77.1 Å². The first-order valence-electron chi connectivity index (χ1n) is 11.7. The molecule has 35 heavy (non-hydrogen) atoms. The molecule has 0 aliphatic carbocycles. The van der Waals surface area contributed by atoms with Gasteiger partial charge >= 0.3 is 6.03 Å². The monoisotopic (exact) mass is 497 g/mol. The summed E-state index contributed by atoms with van der Waals surface area (Å²) in [5, 5.41) is 22.5. The van der Waals surface area contributed by atoms with Crippen molar-refractivity contribution in [2.24, 2.45) is 5.92 Å². The van der Waals surface area contributed by atoms with Crippen LogP contribution in [-0.4, -0.2) is 44.7 Å². The average molecular weight is 498 g/mol. The van der Waals surface area contributed by atoms with Gasteiger partial charge in [-0.2, -0.15) is 5.10 Å². The Kier molecular flexibility index (Phi) is 8.75. The fraction of sp³-hybridized carbons (Fsp3) is 0.400. The summed E-state index contributed by atoms with van der Waals surface area (Å²) in [7, 11) is 0. The fourth-order valence-corrected chi connectivity index (χ4v) is 4.88. The van der Waals surface area contributed by atoms with Gasteiger partial charge in [0.2, 0.25) is 0 Å². The number of aliphatic hydroxyl groups excluding tert-OH is 1. The van der Waals surface area contributed by atoms with Gasteiger partial charge in [0.05, 0.1) is 18.8 Å². The van der Waals surface area contributed by atoms with Crippen LogP contribution in [-0.2, 0) is 22.6 Å². The number of hydrogen-bond donors (Lipinski definition) is 4. The van der Waals surface area contributed by atoms with Crippen LogP contribution in [0.4, 0.5) is 4.79 Å². The van der Waals surface area contributed by atoms with E-state index in [-0.39, 0.29) is 30.8 Å². The minimum Gasteiger partial charge on any atom is -0.392 e. The predicted octanol–water partition coefficient (Wildman–Crippen LogP) is 3.70. The number of rotatable bonds is 9. The maximum atomic E-state index is 11.7. The fourth-order valence-electron chi connectivity index (χ4n) is 3.93. The van der Waals surface area contributed by atoms with Crippen LogP contribution >= 0.6 is 11.8 Å². The van der Waals surface area contributed by atoms with Crippen LogP contribution in [0.2, 0.25) is 0 Å². The minimum absolute atomic E-state index is 0.00481. The van der Waals surface area contributed by atoms with E-state index in [2.05, 4.69) is 32.7 Å². The molecule has 0 saturated carbocycles. The number of benzene rings is 2. The first kappa shape index (κ1) is 25.2. The number of carbonyl (C=O) groups is 1. The Bertz CT molecular complexity index is 1060. The quantitative estimate of drug-likeness (QED) is 0.333. The lowest BCUT2D eigenvalue weighted by molar-refractivity contribution is -0.268. The number of thioether (sulfide) groups is 1. The smallest absolute Gasteiger partial charge is 0.315 e. The van der Waals surface area contributed by atoms with Gasteiger partial charge in [0.25, 0.3) is 0 Å². The molecule has 2 heterocycles. The van der Waals surface area contributed by atoms with E-state index >= 15 is 0 Å². The number of urea groups is 1. The molecule has 2 aromatic carbocycles. The number of nitrogens with one attached hydrogen (secondary N) is 3. The van der Waals surface area contributed by atoms with Crippen molar-refractivity contribution in [2.75, 3.05) is 12.3 Å². The summed E-state index contributed by atoms with van der Waals surface area (Å²) in [5.74, 6) is 0.776. The Balaban J connectivity index is 1.50. The zero-order chi connectivity index (χ0) is 24.6. The van der Waals surface area contributed by atoms with Crippen molar-refractivity contribution >= 4 is 17.8 Å². The molecule has 1 saturated heterocycles. The number of aliphatic hydroxyl groups is 1. The lowest BCUT2D eigenvalue weighted by Gasteiger charge is -2.41. The summed E-state index contributed by atoms with van der Waals surface area (Å²) >= 11 is 1.56. The van der Waals surface area contributed by atoms with Crippen molar-refractivity contribution in [3.8, 4) is 0 Å². The normalized spacial score (nSPS) is 22.0. The molecule has 1 fully saturated rings. The third kappa shape index (κ3) is 6.61. The lowest BCUT2D eigenvalue weighted by atomic mass is 9.91. The number of amides is 2. The van der Waals surface area contributed by atoms with E-state index in [1.54, 1.807) is 11.8 Å². The van der Waals surface area contributed by atoms with Gasteiger partial charge in [0, 0.05) is 30.3 Å². The largest absolute Gasteiger partial charge is 0.392 e. The van der Waals surface area contributed by atoms with Crippen LogP contribution in [0.3, 0.4) is 0 Å². The van der Waals surface area contributed by atoms with Crippen LogP contribution in [0.1, 0.15) is 48.5 Å². The number of nitrogens with zero attached hydrogens (tertiary/aromatic N) is 2. The molecule has 4 rings (SSSR count). The number of aromatic amines is 1. The van der Waals surface area contributed by atoms with Crippen LogP contribution in [0.5, 0.6) is 0 Å². The van der Waals surface area contributed by atoms with Gasteiger partial charge in [-0.15, -0.1) is 0 Å². The molecule has 0 radical (unpaired) electrons. The van der Waals surface area contributed by atoms with Gasteiger partial charge in [0.15, 0.2) is 11.4 Å². The molecule has 10 heteroatoms. The SMILES string of the molecule is CCNC(=O)NCc1ccc([C@H]2O[C@@H](CSc3ncn[nH]3)[C@@H](C)[C@@H](c3ccc(CO)cc3)O2)cc1. The Hall–Kier alpha value is -2.92. The van der Waals surface area contributed by atoms with E-state index in [4.69, 9.17) is 9.47 Å². The van der Waals surface area contributed by atoms with Crippen molar-refractivity contribution in [1.29, 1.82) is 0 Å². The molecule has 1 aliphatic rings. The highest BCUT2D eigenvalue weighted by atomic mass is 32.2. The summed E-state index contributed by atoms with van der Waals surface area (Å²) in [6.07, 6.45) is 0.679. The highest BCUT2D eigenvalue weighted by Gasteiger charge is 2.38. The van der Waals surface area contributed by atoms with Gasteiger partial charge in [-0.1, -0.05) is 67.2 Å². The maximum absolute atomic E-state index is 11.7. The molecule has 3 aromatic rings. The number of hydrogen-bond acceptors (Lipinski definition) is 7. The van der Waals surface area contributed by atoms with Gasteiger partial charge in [-0.05, 0) is 23.6 Å². The summed E-state index contributed by atoms with van der Waals surface area (Å²) in [6.45, 7) is 5.03. The van der Waals surface area contributed by atoms with Gasteiger partial charge in [-0.25, -0.2) is 9.78 Å². The second kappa shape index (κ2) is 12.2. The molecule has 186 valence electrons. The molecule has 0 unspecified atom stereocenters. The van der Waals surface area contributed by atoms with Gasteiger partial charge in [-0.3, -0.25) is 5.10 Å². The highest BCUT2D eigenvalue weighted by molar-refractivity contribution is 7.99. The van der Waals surface area contributed by atoms with E-state index in [1.165, 1.54) is 6.33 Å². The third-order valence-corrected chi connectivity index (χ3v) is 6.91. The van der Waals surface area contributed by atoms with Crippen LogP contribution < -0.4 is 10.6 Å². The minimum atomic E-state index is -0.542. The zero-order valence-corrected chi connectivity index (χ0v) is 20.6. The van der Waals surface area contributed by atoms with Crippen molar-refractivity contribution in [3.63, 3.8) is 0 Å². The average Bonchev–Trinajstić information content (AvgIpc) is 3.41. The maximum Gasteiger partial charge on any atom is 0.315 e. The molecule has 1 aromatic heterocycles. The Morgan fingerprint density at radius 1 is 1.06 bits per heavy atom. The Labute approximate surface area is 209 Å². The van der Waals surface area contributed by atoms with Gasteiger partial charge < -0.3 is 25.2 Å². The van der Waals surface area contributed by atoms with Crippen LogP contribution in [0, 0.1) is 5.92 Å². The van der Waals surface area contributed by atoms with E-state index in [0.717, 1.165) is 27.4 Å². The second-order valence-electron chi connectivity index (χ2n) is 8.38. The summed E-state index contributed by atoms with van der Waals surface area (Å²) in [4.78, 5) is 15.9. The number of aromatic nitrogens is 3. The Morgan fingerprint density at radius 3 is 2.43 bits per heavy atom. The molecular formula is C25H31N5O4S. The predicted molar refractivity (Wildman–Crippen MR) is 132 cm³/mol. The zero-order valence-electron chi connectivity index (χ0n) is 19.8. The standard InChI is InChI=1S/C25H31N5O4S/c1-3-26-24(32)27-12-17-4-10-20(11-5-17)23-33-21(14-35-25-28-15-29-30-25)16(2)22(34-23)19-8-6-18(13-31)7-9-19/h4-11,15-16,21-23,31H,3,12-14H2,1-2H3,(H2,26,27,32)(H,28,29,30)/t16-,21+,22+,23+/m1/s1. The number of carbonyl (C=O) groups excluding carboxylic acids is 1. The van der Waals surface area contributed by atoms with Crippen molar-refractivity contribution in [1.82, 2.24) is 25.8 Å². The molecule has 2 amide bonds. The van der Waals surface area contributed by atoms with Gasteiger partial charge in [0.1, 0.15) is 6.33 Å². The summed E-state index contributed by atoms with van der Waals surface area (Å²) in [5.41, 5.74) is 3.79. The Morgan fingerprint density at radius 2 is 1.77 bits per heavy atom. The summed E-state index contributed by atoms with van der Waals surface area (Å²) < 4.78 is 12.9. The first-order chi connectivity index (χ1) is 17.1. The number of ether oxygens (including phenoxy) is 2. The van der Waals surface area contributed by atoms with E-state index in [9.17, 15) is 9.90 Å². The van der Waals surface area contributed by atoms with Crippen LogP contribution in [0.25, 0.3) is 0 Å². The first-order valence-corrected chi connectivity index (χ1v) is 12.6. The van der Waals surface area contributed by atoms with Crippen molar-refractivity contribution in [2.45, 2.75) is 50.7 Å². The molecular weight excluding hydrogens is 466 g/mol. The van der Waals surface area contributed by atoms with E-state index < -0.39 is 6.29 Å². The summed E-state index contributed by atoms with van der Waals surface area (Å²) in [6, 6.07) is 15.6. The van der Waals surface area contributed by atoms with Crippen LogP contribution in [0.15, 0.2) is 60.0 Å². The third-order valence-electron chi connectivity index (χ3n) is 5.94. The molecule has 4 atom stereocenters. The number of H-pyrrole nitrogens is 1. The second-order valence-corrected chi connectivity index (χ2v) is 9.39. The van der Waals surface area contributed by atoms with E-state index in [1.807, 2.05) is 55.5 Å². The molecule has 0 bridgehead atoms. The molecule has 0 spiro atoms. The molecule has 9 nitrogen and oxygen atoms in total. The molecule has 4 N–H and O–H groups in total.